The van der Waals surface area contributed by atoms with Crippen LogP contribution in [0.15, 0.2) is 24.3 Å². The molecule has 0 fully saturated rings. The third-order valence-corrected chi connectivity index (χ3v) is 1.95. The maximum absolute atomic E-state index is 10.8. The van der Waals surface area contributed by atoms with Gasteiger partial charge in [0.25, 0.3) is 0 Å². The molecule has 0 aliphatic rings. The largest absolute Gasteiger partial charge is 0.493 e. The van der Waals surface area contributed by atoms with Crippen molar-refractivity contribution in [3.8, 4) is 5.75 Å². The fourth-order valence-electron chi connectivity index (χ4n) is 1.07. The van der Waals surface area contributed by atoms with Crippen molar-refractivity contribution >= 4 is 11.7 Å². The van der Waals surface area contributed by atoms with E-state index in [-0.39, 0.29) is 12.4 Å². The molecule has 0 heterocycles. The van der Waals surface area contributed by atoms with Crippen molar-refractivity contribution in [1.82, 2.24) is 0 Å². The number of carbonyl (C=O) groups is 1. The van der Waals surface area contributed by atoms with Crippen molar-refractivity contribution in [3.63, 3.8) is 0 Å². The summed E-state index contributed by atoms with van der Waals surface area (Å²) in [5.41, 5.74) is 1.02. The van der Waals surface area contributed by atoms with Gasteiger partial charge in [-0.1, -0.05) is 0 Å². The first-order valence-corrected chi connectivity index (χ1v) is 4.73. The number of esters is 1. The number of hydrogen-bond donors (Lipinski definition) is 1. The Hall–Kier alpha value is -1.71. The van der Waals surface area contributed by atoms with E-state index in [1.807, 2.05) is 31.3 Å². The first kappa shape index (κ1) is 11.4. The molecule has 0 bridgehead atoms. The minimum absolute atomic E-state index is 0.262. The van der Waals surface area contributed by atoms with Crippen molar-refractivity contribution in [2.24, 2.45) is 0 Å². The van der Waals surface area contributed by atoms with E-state index in [2.05, 4.69) is 10.1 Å². The minimum atomic E-state index is -0.262. The molecule has 1 aromatic rings. The average Bonchev–Trinajstić information content (AvgIpc) is 2.29. The summed E-state index contributed by atoms with van der Waals surface area (Å²) in [6.07, 6.45) is 0.268. The number of anilines is 1. The molecule has 1 rings (SSSR count). The maximum Gasteiger partial charge on any atom is 0.308 e. The van der Waals surface area contributed by atoms with Crippen LogP contribution in [-0.2, 0) is 9.53 Å². The zero-order valence-electron chi connectivity index (χ0n) is 8.95. The fraction of sp³-hybridized carbons (Fsp3) is 0.364. The molecule has 82 valence electrons. The van der Waals surface area contributed by atoms with Crippen LogP contribution in [-0.4, -0.2) is 26.7 Å². The Bertz CT molecular complexity index is 308. The normalized spacial score (nSPS) is 9.47. The van der Waals surface area contributed by atoms with Crippen LogP contribution in [0.4, 0.5) is 5.69 Å². The van der Waals surface area contributed by atoms with Crippen LogP contribution >= 0.6 is 0 Å². The number of rotatable bonds is 5. The summed E-state index contributed by atoms with van der Waals surface area (Å²) in [5, 5.41) is 3.01. The fourth-order valence-corrected chi connectivity index (χ4v) is 1.07. The van der Waals surface area contributed by atoms with Crippen LogP contribution in [0.3, 0.4) is 0 Å². The predicted molar refractivity (Wildman–Crippen MR) is 58.1 cm³/mol. The Morgan fingerprint density at radius 3 is 2.53 bits per heavy atom. The molecule has 0 unspecified atom stereocenters. The van der Waals surface area contributed by atoms with Gasteiger partial charge in [0.15, 0.2) is 0 Å². The highest BCUT2D eigenvalue weighted by Gasteiger charge is 2.00. The molecule has 0 aliphatic carbocycles. The Kier molecular flexibility index (Phi) is 4.47. The van der Waals surface area contributed by atoms with Gasteiger partial charge in [-0.25, -0.2) is 0 Å². The molecule has 1 aromatic carbocycles. The molecule has 0 aromatic heterocycles. The lowest BCUT2D eigenvalue weighted by atomic mass is 10.3. The topological polar surface area (TPSA) is 47.6 Å². The highest BCUT2D eigenvalue weighted by atomic mass is 16.5. The van der Waals surface area contributed by atoms with E-state index in [0.717, 1.165) is 11.4 Å². The van der Waals surface area contributed by atoms with E-state index in [9.17, 15) is 4.79 Å². The molecule has 0 saturated heterocycles. The first-order valence-electron chi connectivity index (χ1n) is 4.73. The van der Waals surface area contributed by atoms with Crippen molar-refractivity contribution in [1.29, 1.82) is 0 Å². The molecule has 0 spiro atoms. The molecule has 4 nitrogen and oxygen atoms in total. The van der Waals surface area contributed by atoms with E-state index in [1.54, 1.807) is 0 Å². The molecule has 1 N–H and O–H groups in total. The highest BCUT2D eigenvalue weighted by molar-refractivity contribution is 5.69. The first-order chi connectivity index (χ1) is 7.26. The number of carbonyl (C=O) groups excluding carboxylic acids is 1. The van der Waals surface area contributed by atoms with Crippen molar-refractivity contribution in [3.05, 3.63) is 24.3 Å². The van der Waals surface area contributed by atoms with E-state index < -0.39 is 0 Å². The van der Waals surface area contributed by atoms with Crippen molar-refractivity contribution in [2.75, 3.05) is 26.1 Å². The molecule has 0 radical (unpaired) electrons. The lowest BCUT2D eigenvalue weighted by molar-refractivity contribution is -0.141. The lowest BCUT2D eigenvalue weighted by Gasteiger charge is -2.06. The smallest absolute Gasteiger partial charge is 0.308 e. The second-order valence-electron chi connectivity index (χ2n) is 2.95. The highest BCUT2D eigenvalue weighted by Crippen LogP contribution is 2.15. The van der Waals surface area contributed by atoms with Gasteiger partial charge in [-0.05, 0) is 24.3 Å². The van der Waals surface area contributed by atoms with E-state index >= 15 is 0 Å². The van der Waals surface area contributed by atoms with Crippen molar-refractivity contribution < 1.29 is 14.3 Å². The van der Waals surface area contributed by atoms with Crippen LogP contribution in [0.1, 0.15) is 6.42 Å². The summed E-state index contributed by atoms with van der Waals surface area (Å²) in [6, 6.07) is 7.52. The van der Waals surface area contributed by atoms with Gasteiger partial charge in [0.05, 0.1) is 20.1 Å². The van der Waals surface area contributed by atoms with Gasteiger partial charge in [0.1, 0.15) is 5.75 Å². The van der Waals surface area contributed by atoms with Gasteiger partial charge in [0, 0.05) is 12.7 Å². The van der Waals surface area contributed by atoms with E-state index in [4.69, 9.17) is 4.74 Å². The summed E-state index contributed by atoms with van der Waals surface area (Å²) in [7, 11) is 3.22. The summed E-state index contributed by atoms with van der Waals surface area (Å²) in [5.74, 6) is 0.486. The molecular weight excluding hydrogens is 194 g/mol. The SMILES string of the molecule is CNc1ccc(OCCC(=O)OC)cc1. The van der Waals surface area contributed by atoms with E-state index in [0.29, 0.717) is 6.61 Å². The van der Waals surface area contributed by atoms with Crippen molar-refractivity contribution in [2.45, 2.75) is 6.42 Å². The van der Waals surface area contributed by atoms with Gasteiger partial charge in [0.2, 0.25) is 0 Å². The number of benzene rings is 1. The van der Waals surface area contributed by atoms with Crippen LogP contribution in [0.25, 0.3) is 0 Å². The third kappa shape index (κ3) is 3.89. The summed E-state index contributed by atoms with van der Waals surface area (Å²) in [6.45, 7) is 0.339. The summed E-state index contributed by atoms with van der Waals surface area (Å²) >= 11 is 0. The number of nitrogens with one attached hydrogen (secondary N) is 1. The average molecular weight is 209 g/mol. The predicted octanol–water partition coefficient (Wildman–Crippen LogP) is 1.67. The zero-order chi connectivity index (χ0) is 11.1. The van der Waals surface area contributed by atoms with Crippen LogP contribution in [0.2, 0.25) is 0 Å². The molecule has 0 aliphatic heterocycles. The number of methoxy groups -OCH3 is 1. The van der Waals surface area contributed by atoms with E-state index in [1.165, 1.54) is 7.11 Å². The number of hydrogen-bond acceptors (Lipinski definition) is 4. The van der Waals surface area contributed by atoms with Crippen LogP contribution in [0, 0.1) is 0 Å². The molecule has 0 amide bonds. The Balaban J connectivity index is 2.34. The van der Waals surface area contributed by atoms with Gasteiger partial charge < -0.3 is 14.8 Å². The monoisotopic (exact) mass is 209 g/mol. The van der Waals surface area contributed by atoms with Gasteiger partial charge >= 0.3 is 5.97 Å². The minimum Gasteiger partial charge on any atom is -0.493 e. The Morgan fingerprint density at radius 2 is 2.00 bits per heavy atom. The maximum atomic E-state index is 10.8. The Morgan fingerprint density at radius 1 is 1.33 bits per heavy atom. The molecule has 15 heavy (non-hydrogen) atoms. The Labute approximate surface area is 89.2 Å². The summed E-state index contributed by atoms with van der Waals surface area (Å²) < 4.78 is 9.85. The van der Waals surface area contributed by atoms with Gasteiger partial charge in [-0.2, -0.15) is 0 Å². The quantitative estimate of drug-likeness (QED) is 0.749. The van der Waals surface area contributed by atoms with Crippen LogP contribution < -0.4 is 10.1 Å². The van der Waals surface area contributed by atoms with Gasteiger partial charge in [-0.3, -0.25) is 4.79 Å². The zero-order valence-corrected chi connectivity index (χ0v) is 8.95. The second-order valence-corrected chi connectivity index (χ2v) is 2.95. The standard InChI is InChI=1S/C11H15NO3/c1-12-9-3-5-10(6-4-9)15-8-7-11(13)14-2/h3-6,12H,7-8H2,1-2H3. The molecule has 4 heteroatoms. The summed E-state index contributed by atoms with van der Waals surface area (Å²) in [4.78, 5) is 10.8. The number of ether oxygens (including phenoxy) is 2. The van der Waals surface area contributed by atoms with Crippen LogP contribution in [0.5, 0.6) is 5.75 Å². The lowest BCUT2D eigenvalue weighted by Crippen LogP contribution is -2.07. The molecule has 0 saturated carbocycles. The molecular formula is C11H15NO3. The molecule has 0 atom stereocenters. The second kappa shape index (κ2) is 5.90. The van der Waals surface area contributed by atoms with Gasteiger partial charge in [-0.15, -0.1) is 0 Å². The third-order valence-electron chi connectivity index (χ3n) is 1.95.